The van der Waals surface area contributed by atoms with Crippen LogP contribution in [0.15, 0.2) is 24.3 Å². The number of benzene rings is 1. The number of carbonyl (C=O) groups is 1. The largest absolute Gasteiger partial charge is 0.360 e. The highest BCUT2D eigenvalue weighted by Gasteiger charge is 2.08. The summed E-state index contributed by atoms with van der Waals surface area (Å²) in [5.41, 5.74) is 1.74. The molecule has 0 unspecified atom stereocenters. The fraction of sp³-hybridized carbons (Fsp3) is 0.214. The molecule has 0 saturated carbocycles. The Labute approximate surface area is 131 Å². The van der Waals surface area contributed by atoms with Gasteiger partial charge < -0.3 is 10.6 Å². The van der Waals surface area contributed by atoms with Gasteiger partial charge in [-0.25, -0.2) is 4.98 Å². The third kappa shape index (κ3) is 4.18. The van der Waals surface area contributed by atoms with Crippen LogP contribution in [0.4, 0.5) is 5.13 Å². The third-order valence-corrected chi connectivity index (χ3v) is 3.99. The number of nitrogens with one attached hydrogen (secondary N) is 2. The Morgan fingerprint density at radius 2 is 2.10 bits per heavy atom. The Bertz CT molecular complexity index is 675. The van der Waals surface area contributed by atoms with Gasteiger partial charge >= 0.3 is 0 Å². The molecule has 2 rings (SSSR count). The SMILES string of the molecule is Cc1ccc(C(=O)NCCNc2nc(Cl)c(C#N)s2)cc1. The predicted molar refractivity (Wildman–Crippen MR) is 83.8 cm³/mol. The average molecular weight is 321 g/mol. The number of aromatic nitrogens is 1. The molecular formula is C14H13ClN4OS. The van der Waals surface area contributed by atoms with Gasteiger partial charge in [-0.1, -0.05) is 40.6 Å². The predicted octanol–water partition coefficient (Wildman–Crippen LogP) is 2.82. The summed E-state index contributed by atoms with van der Waals surface area (Å²) in [5, 5.41) is 15.4. The molecule has 0 aliphatic rings. The number of hydrogen-bond donors (Lipinski definition) is 2. The standard InChI is InChI=1S/C14H13ClN4OS/c1-9-2-4-10(5-3-9)13(20)17-6-7-18-14-19-12(15)11(8-16)21-14/h2-5H,6-7H2,1H3,(H,17,20)(H,18,19). The molecule has 0 aliphatic carbocycles. The molecule has 0 radical (unpaired) electrons. The topological polar surface area (TPSA) is 77.8 Å². The first kappa shape index (κ1) is 15.3. The van der Waals surface area contributed by atoms with Gasteiger partial charge in [0.1, 0.15) is 10.9 Å². The second kappa shape index (κ2) is 7.07. The van der Waals surface area contributed by atoms with Crippen molar-refractivity contribution >= 4 is 34.0 Å². The molecule has 0 saturated heterocycles. The lowest BCUT2D eigenvalue weighted by atomic mass is 10.1. The minimum atomic E-state index is -0.119. The molecule has 2 aromatic rings. The molecule has 1 aromatic carbocycles. The van der Waals surface area contributed by atoms with E-state index in [1.165, 1.54) is 11.3 Å². The average Bonchev–Trinajstić information content (AvgIpc) is 2.84. The number of thiazole rings is 1. The van der Waals surface area contributed by atoms with Gasteiger partial charge in [-0.15, -0.1) is 0 Å². The van der Waals surface area contributed by atoms with Crippen molar-refractivity contribution in [3.8, 4) is 6.07 Å². The van der Waals surface area contributed by atoms with Gasteiger partial charge in [-0.3, -0.25) is 4.79 Å². The maximum absolute atomic E-state index is 11.9. The number of aryl methyl sites for hydroxylation is 1. The number of rotatable bonds is 5. The zero-order chi connectivity index (χ0) is 15.2. The van der Waals surface area contributed by atoms with Crippen LogP contribution in [0, 0.1) is 18.3 Å². The molecule has 0 aliphatic heterocycles. The van der Waals surface area contributed by atoms with Crippen molar-refractivity contribution in [3.63, 3.8) is 0 Å². The first-order chi connectivity index (χ1) is 10.1. The van der Waals surface area contributed by atoms with Gasteiger partial charge in [0.25, 0.3) is 5.91 Å². The van der Waals surface area contributed by atoms with Gasteiger partial charge in [0, 0.05) is 18.7 Å². The van der Waals surface area contributed by atoms with Crippen LogP contribution in [-0.4, -0.2) is 24.0 Å². The van der Waals surface area contributed by atoms with E-state index in [2.05, 4.69) is 15.6 Å². The molecule has 0 fully saturated rings. The van der Waals surface area contributed by atoms with Crippen LogP contribution in [0.5, 0.6) is 0 Å². The number of amides is 1. The molecule has 1 aromatic heterocycles. The van der Waals surface area contributed by atoms with E-state index < -0.39 is 0 Å². The summed E-state index contributed by atoms with van der Waals surface area (Å²) in [6.45, 7) is 2.93. The van der Waals surface area contributed by atoms with Crippen LogP contribution in [0.1, 0.15) is 20.8 Å². The first-order valence-electron chi connectivity index (χ1n) is 6.25. The third-order valence-electron chi connectivity index (χ3n) is 2.69. The fourth-order valence-corrected chi connectivity index (χ4v) is 2.57. The van der Waals surface area contributed by atoms with Crippen molar-refractivity contribution < 1.29 is 4.79 Å². The Morgan fingerprint density at radius 3 is 2.71 bits per heavy atom. The number of halogens is 1. The Balaban J connectivity index is 1.78. The summed E-state index contributed by atoms with van der Waals surface area (Å²) in [6, 6.07) is 9.34. The smallest absolute Gasteiger partial charge is 0.251 e. The van der Waals surface area contributed by atoms with E-state index in [9.17, 15) is 4.79 Å². The molecule has 1 heterocycles. The molecule has 2 N–H and O–H groups in total. The molecule has 7 heteroatoms. The van der Waals surface area contributed by atoms with Gasteiger partial charge in [-0.2, -0.15) is 5.26 Å². The van der Waals surface area contributed by atoms with E-state index in [1.54, 1.807) is 12.1 Å². The number of nitriles is 1. The second-order valence-corrected chi connectivity index (χ2v) is 5.66. The van der Waals surface area contributed by atoms with Crippen molar-refractivity contribution in [3.05, 3.63) is 45.4 Å². The van der Waals surface area contributed by atoms with Crippen molar-refractivity contribution in [2.24, 2.45) is 0 Å². The molecule has 5 nitrogen and oxygen atoms in total. The van der Waals surface area contributed by atoms with Crippen LogP contribution in [0.25, 0.3) is 0 Å². The van der Waals surface area contributed by atoms with Crippen molar-refractivity contribution in [2.45, 2.75) is 6.92 Å². The van der Waals surface area contributed by atoms with E-state index >= 15 is 0 Å². The lowest BCUT2D eigenvalue weighted by molar-refractivity contribution is 0.0955. The maximum Gasteiger partial charge on any atom is 0.251 e. The molecule has 0 atom stereocenters. The van der Waals surface area contributed by atoms with Gasteiger partial charge in [0.2, 0.25) is 0 Å². The Morgan fingerprint density at radius 1 is 1.38 bits per heavy atom. The highest BCUT2D eigenvalue weighted by molar-refractivity contribution is 7.16. The highest BCUT2D eigenvalue weighted by Crippen LogP contribution is 2.25. The van der Waals surface area contributed by atoms with Crippen LogP contribution in [0.2, 0.25) is 5.15 Å². The van der Waals surface area contributed by atoms with Crippen LogP contribution in [0.3, 0.4) is 0 Å². The second-order valence-electron chi connectivity index (χ2n) is 4.30. The normalized spacial score (nSPS) is 9.95. The lowest BCUT2D eigenvalue weighted by Crippen LogP contribution is -2.28. The van der Waals surface area contributed by atoms with E-state index in [-0.39, 0.29) is 11.1 Å². The monoisotopic (exact) mass is 320 g/mol. The minimum Gasteiger partial charge on any atom is -0.360 e. The van der Waals surface area contributed by atoms with Gasteiger partial charge in [-0.05, 0) is 19.1 Å². The Hall–Kier alpha value is -2.10. The van der Waals surface area contributed by atoms with E-state index in [0.717, 1.165) is 5.56 Å². The van der Waals surface area contributed by atoms with Gasteiger partial charge in [0.05, 0.1) is 0 Å². The zero-order valence-electron chi connectivity index (χ0n) is 11.3. The van der Waals surface area contributed by atoms with Gasteiger partial charge in [0.15, 0.2) is 10.3 Å². The quantitative estimate of drug-likeness (QED) is 0.830. The summed E-state index contributed by atoms with van der Waals surface area (Å²) in [6.07, 6.45) is 0. The van der Waals surface area contributed by atoms with Crippen molar-refractivity contribution in [2.75, 3.05) is 18.4 Å². The number of nitrogens with zero attached hydrogens (tertiary/aromatic N) is 2. The highest BCUT2D eigenvalue weighted by atomic mass is 35.5. The summed E-state index contributed by atoms with van der Waals surface area (Å²) in [7, 11) is 0. The zero-order valence-corrected chi connectivity index (χ0v) is 12.9. The first-order valence-corrected chi connectivity index (χ1v) is 7.45. The lowest BCUT2D eigenvalue weighted by Gasteiger charge is -2.06. The number of carbonyl (C=O) groups excluding carboxylic acids is 1. The summed E-state index contributed by atoms with van der Waals surface area (Å²) in [4.78, 5) is 16.2. The number of hydrogen-bond acceptors (Lipinski definition) is 5. The summed E-state index contributed by atoms with van der Waals surface area (Å²) < 4.78 is 0. The van der Waals surface area contributed by atoms with Crippen molar-refractivity contribution in [1.29, 1.82) is 5.26 Å². The Kier molecular flexibility index (Phi) is 5.14. The summed E-state index contributed by atoms with van der Waals surface area (Å²) >= 11 is 6.96. The van der Waals surface area contributed by atoms with E-state index in [1.807, 2.05) is 25.1 Å². The maximum atomic E-state index is 11.9. The van der Waals surface area contributed by atoms with Crippen LogP contribution >= 0.6 is 22.9 Å². The van der Waals surface area contributed by atoms with E-state index in [0.29, 0.717) is 28.7 Å². The fourth-order valence-electron chi connectivity index (χ4n) is 1.60. The molecule has 108 valence electrons. The van der Waals surface area contributed by atoms with Crippen LogP contribution in [-0.2, 0) is 0 Å². The molecule has 21 heavy (non-hydrogen) atoms. The van der Waals surface area contributed by atoms with Crippen molar-refractivity contribution in [1.82, 2.24) is 10.3 Å². The molecule has 0 spiro atoms. The van der Waals surface area contributed by atoms with E-state index in [4.69, 9.17) is 16.9 Å². The summed E-state index contributed by atoms with van der Waals surface area (Å²) in [5.74, 6) is -0.119. The molecule has 0 bridgehead atoms. The minimum absolute atomic E-state index is 0.119. The molecular weight excluding hydrogens is 308 g/mol. The number of anilines is 1. The van der Waals surface area contributed by atoms with Crippen LogP contribution < -0.4 is 10.6 Å². The molecule has 1 amide bonds.